The SMILES string of the molecule is CCn1nc(C)cc1C(Cc1cc(F)cc(Br)c1)NN. The van der Waals surface area contributed by atoms with Gasteiger partial charge in [-0.1, -0.05) is 15.9 Å². The Hall–Kier alpha value is -1.24. The van der Waals surface area contributed by atoms with E-state index in [1.165, 1.54) is 12.1 Å². The summed E-state index contributed by atoms with van der Waals surface area (Å²) in [6.07, 6.45) is 0.595. The van der Waals surface area contributed by atoms with Gasteiger partial charge in [0.2, 0.25) is 0 Å². The molecule has 1 aromatic heterocycles. The third-order valence-electron chi connectivity index (χ3n) is 3.15. The van der Waals surface area contributed by atoms with E-state index in [1.807, 2.05) is 30.7 Å². The molecular formula is C14H18BrFN4. The largest absolute Gasteiger partial charge is 0.271 e. The van der Waals surface area contributed by atoms with Gasteiger partial charge in [-0.15, -0.1) is 0 Å². The Labute approximate surface area is 126 Å². The molecule has 1 aromatic carbocycles. The summed E-state index contributed by atoms with van der Waals surface area (Å²) in [6.45, 7) is 4.75. The zero-order valence-electron chi connectivity index (χ0n) is 11.5. The van der Waals surface area contributed by atoms with Crippen molar-refractivity contribution in [2.45, 2.75) is 32.9 Å². The Kier molecular flexibility index (Phi) is 4.91. The number of nitrogens with two attached hydrogens (primary N) is 1. The van der Waals surface area contributed by atoms with Crippen LogP contribution in [0.15, 0.2) is 28.7 Å². The molecule has 0 fully saturated rings. The van der Waals surface area contributed by atoms with Crippen molar-refractivity contribution in [3.8, 4) is 0 Å². The van der Waals surface area contributed by atoms with E-state index >= 15 is 0 Å². The van der Waals surface area contributed by atoms with Gasteiger partial charge >= 0.3 is 0 Å². The average molecular weight is 341 g/mol. The molecule has 0 aliphatic carbocycles. The van der Waals surface area contributed by atoms with Crippen molar-refractivity contribution < 1.29 is 4.39 Å². The number of hydrazine groups is 1. The van der Waals surface area contributed by atoms with Gasteiger partial charge in [0, 0.05) is 11.0 Å². The maximum absolute atomic E-state index is 13.4. The number of nitrogens with one attached hydrogen (secondary N) is 1. The maximum Gasteiger partial charge on any atom is 0.124 e. The van der Waals surface area contributed by atoms with Gasteiger partial charge < -0.3 is 0 Å². The van der Waals surface area contributed by atoms with Crippen LogP contribution in [0.25, 0.3) is 0 Å². The fourth-order valence-corrected chi connectivity index (χ4v) is 2.83. The Morgan fingerprint density at radius 1 is 1.40 bits per heavy atom. The predicted octanol–water partition coefficient (Wildman–Crippen LogP) is 2.86. The van der Waals surface area contributed by atoms with Crippen LogP contribution in [0, 0.1) is 12.7 Å². The fourth-order valence-electron chi connectivity index (χ4n) is 2.31. The average Bonchev–Trinajstić information content (AvgIpc) is 2.76. The van der Waals surface area contributed by atoms with Crippen molar-refractivity contribution in [3.63, 3.8) is 0 Å². The normalized spacial score (nSPS) is 12.7. The third-order valence-corrected chi connectivity index (χ3v) is 3.61. The minimum Gasteiger partial charge on any atom is -0.271 e. The smallest absolute Gasteiger partial charge is 0.124 e. The monoisotopic (exact) mass is 340 g/mol. The number of aryl methyl sites for hydroxylation is 2. The fraction of sp³-hybridized carbons (Fsp3) is 0.357. The molecule has 2 rings (SSSR count). The number of hydrogen-bond acceptors (Lipinski definition) is 3. The number of rotatable bonds is 5. The predicted molar refractivity (Wildman–Crippen MR) is 80.5 cm³/mol. The maximum atomic E-state index is 13.4. The van der Waals surface area contributed by atoms with Gasteiger partial charge in [0.15, 0.2) is 0 Å². The van der Waals surface area contributed by atoms with Crippen molar-refractivity contribution in [1.82, 2.24) is 15.2 Å². The second-order valence-electron chi connectivity index (χ2n) is 4.73. The van der Waals surface area contributed by atoms with Crippen molar-refractivity contribution in [3.05, 3.63) is 51.5 Å². The van der Waals surface area contributed by atoms with Gasteiger partial charge in [-0.05, 0) is 50.1 Å². The summed E-state index contributed by atoms with van der Waals surface area (Å²) in [7, 11) is 0. The first-order valence-electron chi connectivity index (χ1n) is 6.49. The summed E-state index contributed by atoms with van der Waals surface area (Å²) in [4.78, 5) is 0. The van der Waals surface area contributed by atoms with Crippen LogP contribution in [0.4, 0.5) is 4.39 Å². The van der Waals surface area contributed by atoms with Crippen LogP contribution in [0.5, 0.6) is 0 Å². The first kappa shape index (κ1) is 15.2. The molecular weight excluding hydrogens is 323 g/mol. The van der Waals surface area contributed by atoms with Crippen LogP contribution >= 0.6 is 15.9 Å². The minimum atomic E-state index is -0.259. The van der Waals surface area contributed by atoms with Gasteiger partial charge in [0.1, 0.15) is 5.82 Å². The number of benzene rings is 1. The second-order valence-corrected chi connectivity index (χ2v) is 5.64. The molecule has 1 heterocycles. The summed E-state index contributed by atoms with van der Waals surface area (Å²) in [5.41, 5.74) is 5.63. The topological polar surface area (TPSA) is 55.9 Å². The summed E-state index contributed by atoms with van der Waals surface area (Å²) >= 11 is 3.30. The lowest BCUT2D eigenvalue weighted by molar-refractivity contribution is 0.489. The molecule has 0 spiro atoms. The molecule has 0 radical (unpaired) electrons. The first-order chi connectivity index (χ1) is 9.53. The highest BCUT2D eigenvalue weighted by Crippen LogP contribution is 2.22. The molecule has 0 aliphatic rings. The van der Waals surface area contributed by atoms with Gasteiger partial charge in [-0.25, -0.2) is 4.39 Å². The molecule has 1 atom stereocenters. The molecule has 0 amide bonds. The molecule has 0 bridgehead atoms. The van der Waals surface area contributed by atoms with E-state index in [4.69, 9.17) is 5.84 Å². The van der Waals surface area contributed by atoms with E-state index in [0.29, 0.717) is 6.42 Å². The van der Waals surface area contributed by atoms with Crippen LogP contribution < -0.4 is 11.3 Å². The number of halogens is 2. The van der Waals surface area contributed by atoms with Gasteiger partial charge in [-0.3, -0.25) is 16.0 Å². The van der Waals surface area contributed by atoms with E-state index in [0.717, 1.165) is 28.0 Å². The Morgan fingerprint density at radius 2 is 2.15 bits per heavy atom. The molecule has 0 saturated heterocycles. The minimum absolute atomic E-state index is 0.107. The van der Waals surface area contributed by atoms with Crippen molar-refractivity contribution >= 4 is 15.9 Å². The highest BCUT2D eigenvalue weighted by atomic mass is 79.9. The third kappa shape index (κ3) is 3.45. The lowest BCUT2D eigenvalue weighted by atomic mass is 10.0. The van der Waals surface area contributed by atoms with E-state index < -0.39 is 0 Å². The van der Waals surface area contributed by atoms with E-state index in [9.17, 15) is 4.39 Å². The van der Waals surface area contributed by atoms with Gasteiger partial charge in [0.25, 0.3) is 0 Å². The quantitative estimate of drug-likeness (QED) is 0.650. The van der Waals surface area contributed by atoms with Crippen molar-refractivity contribution in [2.75, 3.05) is 0 Å². The standard InChI is InChI=1S/C14H18BrFN4/c1-3-20-14(4-9(2)19-20)13(18-17)7-10-5-11(15)8-12(16)6-10/h4-6,8,13,18H,3,7,17H2,1-2H3. The Bertz CT molecular complexity index is 577. The van der Waals surface area contributed by atoms with Gasteiger partial charge in [-0.2, -0.15) is 5.10 Å². The summed E-state index contributed by atoms with van der Waals surface area (Å²) < 4.78 is 16.1. The molecule has 108 valence electrons. The highest BCUT2D eigenvalue weighted by Gasteiger charge is 2.17. The molecule has 0 saturated carbocycles. The second kappa shape index (κ2) is 6.47. The van der Waals surface area contributed by atoms with Crippen LogP contribution in [0.2, 0.25) is 0 Å². The lowest BCUT2D eigenvalue weighted by Gasteiger charge is -2.17. The number of nitrogens with zero attached hydrogens (tertiary/aromatic N) is 2. The van der Waals surface area contributed by atoms with Crippen molar-refractivity contribution in [2.24, 2.45) is 5.84 Å². The van der Waals surface area contributed by atoms with Gasteiger partial charge in [0.05, 0.1) is 17.4 Å². The highest BCUT2D eigenvalue weighted by molar-refractivity contribution is 9.10. The summed E-state index contributed by atoms with van der Waals surface area (Å²) in [5.74, 6) is 5.41. The molecule has 20 heavy (non-hydrogen) atoms. The molecule has 1 unspecified atom stereocenters. The molecule has 2 aromatic rings. The van der Waals surface area contributed by atoms with Crippen LogP contribution in [-0.4, -0.2) is 9.78 Å². The van der Waals surface area contributed by atoms with E-state index in [-0.39, 0.29) is 11.9 Å². The van der Waals surface area contributed by atoms with Crippen LogP contribution in [0.1, 0.15) is 29.9 Å². The van der Waals surface area contributed by atoms with E-state index in [2.05, 4.69) is 26.5 Å². The summed E-state index contributed by atoms with van der Waals surface area (Å²) in [6, 6.07) is 6.75. The van der Waals surface area contributed by atoms with Crippen LogP contribution in [-0.2, 0) is 13.0 Å². The number of aromatic nitrogens is 2. The first-order valence-corrected chi connectivity index (χ1v) is 7.28. The van der Waals surface area contributed by atoms with E-state index in [1.54, 1.807) is 0 Å². The molecule has 3 N–H and O–H groups in total. The Morgan fingerprint density at radius 3 is 2.75 bits per heavy atom. The summed E-state index contributed by atoms with van der Waals surface area (Å²) in [5, 5.41) is 4.41. The lowest BCUT2D eigenvalue weighted by Crippen LogP contribution is -2.31. The van der Waals surface area contributed by atoms with Crippen LogP contribution in [0.3, 0.4) is 0 Å². The Balaban J connectivity index is 2.28. The zero-order valence-corrected chi connectivity index (χ0v) is 13.1. The van der Waals surface area contributed by atoms with Crippen molar-refractivity contribution in [1.29, 1.82) is 0 Å². The molecule has 4 nitrogen and oxygen atoms in total. The molecule has 6 heteroatoms. The zero-order chi connectivity index (χ0) is 14.7. The molecule has 0 aliphatic heterocycles. The number of hydrogen-bond donors (Lipinski definition) is 2.